The van der Waals surface area contributed by atoms with E-state index in [1.807, 2.05) is 0 Å². The lowest BCUT2D eigenvalue weighted by Gasteiger charge is -2.39. The van der Waals surface area contributed by atoms with Crippen LogP contribution in [0.3, 0.4) is 0 Å². The summed E-state index contributed by atoms with van der Waals surface area (Å²) in [6.45, 7) is 2.01. The van der Waals surface area contributed by atoms with Crippen LogP contribution >= 0.6 is 0 Å². The zero-order valence-corrected chi connectivity index (χ0v) is 13.4. The van der Waals surface area contributed by atoms with Crippen LogP contribution in [-0.2, 0) is 10.0 Å². The van der Waals surface area contributed by atoms with E-state index in [2.05, 4.69) is 14.6 Å². The quantitative estimate of drug-likeness (QED) is 0.853. The second-order valence-corrected chi connectivity index (χ2v) is 7.86. The first kappa shape index (κ1) is 15.9. The molecule has 2 N–H and O–H groups in total. The molecule has 2 fully saturated rings. The van der Waals surface area contributed by atoms with Gasteiger partial charge in [0.1, 0.15) is 4.90 Å². The number of aromatic nitrogens is 1. The van der Waals surface area contributed by atoms with Gasteiger partial charge in [0, 0.05) is 24.5 Å². The summed E-state index contributed by atoms with van der Waals surface area (Å²) in [5.74, 6) is 0. The van der Waals surface area contributed by atoms with Crippen LogP contribution in [0.1, 0.15) is 32.1 Å². The predicted octanol–water partition coefficient (Wildman–Crippen LogP) is 0.738. The van der Waals surface area contributed by atoms with Crippen molar-refractivity contribution in [3.05, 3.63) is 24.5 Å². The Morgan fingerprint density at radius 1 is 1.23 bits per heavy atom. The van der Waals surface area contributed by atoms with Gasteiger partial charge in [-0.25, -0.2) is 13.1 Å². The highest BCUT2D eigenvalue weighted by Crippen LogP contribution is 2.27. The topological polar surface area (TPSA) is 82.5 Å². The standard InChI is InChI=1S/C15H23N3O3S/c19-15-13(6-3-7-14(15)18-9-1-2-10-18)17-22(20,21)12-5-4-8-16-11-12/h4-5,8,11,13-15,17,19H,1-3,6-7,9-10H2/t13-,14-,15-/m1/s1. The van der Waals surface area contributed by atoms with Gasteiger partial charge in [-0.3, -0.25) is 9.88 Å². The van der Waals surface area contributed by atoms with E-state index in [4.69, 9.17) is 0 Å². The number of likely N-dealkylation sites (tertiary alicyclic amines) is 1. The molecule has 0 unspecified atom stereocenters. The summed E-state index contributed by atoms with van der Waals surface area (Å²) < 4.78 is 27.5. The molecule has 0 aromatic carbocycles. The van der Waals surface area contributed by atoms with Gasteiger partial charge in [-0.05, 0) is 50.9 Å². The van der Waals surface area contributed by atoms with Crippen molar-refractivity contribution >= 4 is 10.0 Å². The minimum absolute atomic E-state index is 0.0675. The van der Waals surface area contributed by atoms with Crippen molar-refractivity contribution in [2.45, 2.75) is 55.2 Å². The van der Waals surface area contributed by atoms with E-state index in [9.17, 15) is 13.5 Å². The summed E-state index contributed by atoms with van der Waals surface area (Å²) >= 11 is 0. The zero-order valence-electron chi connectivity index (χ0n) is 12.6. The minimum atomic E-state index is -3.63. The number of nitrogens with zero attached hydrogens (tertiary/aromatic N) is 2. The Kier molecular flexibility index (Phi) is 4.77. The molecule has 3 rings (SSSR count). The fourth-order valence-electron chi connectivity index (χ4n) is 3.53. The molecule has 22 heavy (non-hydrogen) atoms. The van der Waals surface area contributed by atoms with Crippen molar-refractivity contribution in [3.8, 4) is 0 Å². The van der Waals surface area contributed by atoms with Crippen LogP contribution in [0.25, 0.3) is 0 Å². The molecule has 1 aromatic heterocycles. The number of pyridine rings is 1. The third-order valence-electron chi connectivity index (χ3n) is 4.68. The first-order valence-electron chi connectivity index (χ1n) is 7.92. The van der Waals surface area contributed by atoms with E-state index in [-0.39, 0.29) is 10.9 Å². The molecule has 1 saturated carbocycles. The van der Waals surface area contributed by atoms with Gasteiger partial charge < -0.3 is 5.11 Å². The predicted molar refractivity (Wildman–Crippen MR) is 82.8 cm³/mol. The van der Waals surface area contributed by atoms with E-state index >= 15 is 0 Å². The average molecular weight is 325 g/mol. The van der Waals surface area contributed by atoms with Gasteiger partial charge in [0.15, 0.2) is 0 Å². The molecule has 6 nitrogen and oxygen atoms in total. The van der Waals surface area contributed by atoms with Gasteiger partial charge in [0.2, 0.25) is 10.0 Å². The highest BCUT2D eigenvalue weighted by Gasteiger charge is 2.38. The molecule has 3 atom stereocenters. The SMILES string of the molecule is O=S(=O)(N[C@@H]1CCC[C@@H](N2CCCC2)[C@@H]1O)c1cccnc1. The zero-order chi connectivity index (χ0) is 15.6. The first-order valence-corrected chi connectivity index (χ1v) is 9.41. The second kappa shape index (κ2) is 6.62. The molecule has 7 heteroatoms. The van der Waals surface area contributed by atoms with E-state index in [0.29, 0.717) is 6.42 Å². The Bertz CT molecular complexity index is 587. The molecule has 1 saturated heterocycles. The van der Waals surface area contributed by atoms with Crippen LogP contribution in [0.5, 0.6) is 0 Å². The number of aliphatic hydroxyl groups is 1. The Morgan fingerprint density at radius 2 is 2.00 bits per heavy atom. The number of nitrogens with one attached hydrogen (secondary N) is 1. The summed E-state index contributed by atoms with van der Waals surface area (Å²) in [4.78, 5) is 6.30. The van der Waals surface area contributed by atoms with Gasteiger partial charge in [-0.15, -0.1) is 0 Å². The number of hydrogen-bond acceptors (Lipinski definition) is 5. The van der Waals surface area contributed by atoms with Gasteiger partial charge >= 0.3 is 0 Å². The maximum absolute atomic E-state index is 12.4. The number of hydrogen-bond donors (Lipinski definition) is 2. The van der Waals surface area contributed by atoms with Crippen LogP contribution in [0.4, 0.5) is 0 Å². The lowest BCUT2D eigenvalue weighted by Crippen LogP contribution is -2.56. The maximum Gasteiger partial charge on any atom is 0.242 e. The normalized spacial score (nSPS) is 30.5. The lowest BCUT2D eigenvalue weighted by atomic mass is 9.88. The smallest absolute Gasteiger partial charge is 0.242 e. The molecule has 1 aromatic rings. The Balaban J connectivity index is 1.71. The molecule has 2 aliphatic rings. The largest absolute Gasteiger partial charge is 0.390 e. The molecule has 0 spiro atoms. The molecular formula is C15H23N3O3S. The molecule has 0 bridgehead atoms. The number of sulfonamides is 1. The van der Waals surface area contributed by atoms with Crippen LogP contribution in [0, 0.1) is 0 Å². The summed E-state index contributed by atoms with van der Waals surface area (Å²) in [7, 11) is -3.63. The Hall–Kier alpha value is -1.02. The van der Waals surface area contributed by atoms with E-state index < -0.39 is 22.2 Å². The molecule has 2 heterocycles. The number of aliphatic hydroxyl groups excluding tert-OH is 1. The van der Waals surface area contributed by atoms with Crippen molar-refractivity contribution in [1.82, 2.24) is 14.6 Å². The van der Waals surface area contributed by atoms with E-state index in [1.165, 1.54) is 18.5 Å². The second-order valence-electron chi connectivity index (χ2n) is 6.15. The van der Waals surface area contributed by atoms with E-state index in [0.717, 1.165) is 38.8 Å². The van der Waals surface area contributed by atoms with Gasteiger partial charge in [-0.2, -0.15) is 0 Å². The van der Waals surface area contributed by atoms with Crippen molar-refractivity contribution in [2.75, 3.05) is 13.1 Å². The molecule has 0 radical (unpaired) electrons. The highest BCUT2D eigenvalue weighted by molar-refractivity contribution is 7.89. The monoisotopic (exact) mass is 325 g/mol. The number of rotatable bonds is 4. The van der Waals surface area contributed by atoms with Gasteiger partial charge in [0.25, 0.3) is 0 Å². The first-order chi connectivity index (χ1) is 10.6. The van der Waals surface area contributed by atoms with Crippen LogP contribution in [0.15, 0.2) is 29.4 Å². The van der Waals surface area contributed by atoms with Crippen LogP contribution in [-0.4, -0.2) is 54.7 Å². The van der Waals surface area contributed by atoms with Gasteiger partial charge in [0.05, 0.1) is 6.10 Å². The summed E-state index contributed by atoms with van der Waals surface area (Å²) in [5.41, 5.74) is 0. The molecule has 0 amide bonds. The van der Waals surface area contributed by atoms with Crippen LogP contribution in [0.2, 0.25) is 0 Å². The highest BCUT2D eigenvalue weighted by atomic mass is 32.2. The summed E-state index contributed by atoms with van der Waals surface area (Å²) in [6.07, 6.45) is 7.08. The fraction of sp³-hybridized carbons (Fsp3) is 0.667. The van der Waals surface area contributed by atoms with Crippen molar-refractivity contribution in [2.24, 2.45) is 0 Å². The molecule has 1 aliphatic heterocycles. The summed E-state index contributed by atoms with van der Waals surface area (Å²) in [6, 6.07) is 2.75. The van der Waals surface area contributed by atoms with Crippen molar-refractivity contribution in [1.29, 1.82) is 0 Å². The van der Waals surface area contributed by atoms with Crippen molar-refractivity contribution in [3.63, 3.8) is 0 Å². The lowest BCUT2D eigenvalue weighted by molar-refractivity contribution is 0.0127. The maximum atomic E-state index is 12.4. The molecule has 1 aliphatic carbocycles. The van der Waals surface area contributed by atoms with Gasteiger partial charge in [-0.1, -0.05) is 6.42 Å². The molecular weight excluding hydrogens is 302 g/mol. The summed E-state index contributed by atoms with van der Waals surface area (Å²) in [5, 5.41) is 10.6. The average Bonchev–Trinajstić information content (AvgIpc) is 3.04. The third-order valence-corrected chi connectivity index (χ3v) is 6.16. The van der Waals surface area contributed by atoms with Crippen molar-refractivity contribution < 1.29 is 13.5 Å². The molecule has 122 valence electrons. The third kappa shape index (κ3) is 3.32. The minimum Gasteiger partial charge on any atom is -0.390 e. The Morgan fingerprint density at radius 3 is 2.68 bits per heavy atom. The fourth-order valence-corrected chi connectivity index (χ4v) is 4.78. The Labute approximate surface area is 131 Å². The van der Waals surface area contributed by atoms with E-state index in [1.54, 1.807) is 6.07 Å². The van der Waals surface area contributed by atoms with Crippen LogP contribution < -0.4 is 4.72 Å².